The molecule has 0 saturated carbocycles. The van der Waals surface area contributed by atoms with Crippen LogP contribution in [0.15, 0.2) is 12.1 Å². The first kappa shape index (κ1) is 15.6. The minimum absolute atomic E-state index is 0.319. The molecule has 0 amide bonds. The fourth-order valence-electron chi connectivity index (χ4n) is 2.52. The number of halogens is 1. The maximum Gasteiger partial charge on any atom is 0.151 e. The third-order valence-electron chi connectivity index (χ3n) is 3.68. The Kier molecular flexibility index (Phi) is 4.62. The van der Waals surface area contributed by atoms with Crippen molar-refractivity contribution < 1.29 is 13.2 Å². The molecular formula is C14H20ClNO3S. The van der Waals surface area contributed by atoms with Crippen LogP contribution in [0.3, 0.4) is 0 Å². The Hall–Kier alpha value is -0.780. The van der Waals surface area contributed by atoms with Gasteiger partial charge in [0.2, 0.25) is 0 Å². The van der Waals surface area contributed by atoms with Gasteiger partial charge >= 0.3 is 0 Å². The first-order valence-corrected chi connectivity index (χ1v) is 9.05. The van der Waals surface area contributed by atoms with Gasteiger partial charge in [0.1, 0.15) is 5.75 Å². The van der Waals surface area contributed by atoms with E-state index >= 15 is 0 Å². The van der Waals surface area contributed by atoms with Gasteiger partial charge in [0.05, 0.1) is 17.9 Å². The van der Waals surface area contributed by atoms with Gasteiger partial charge < -0.3 is 10.1 Å². The zero-order valence-electron chi connectivity index (χ0n) is 11.9. The molecule has 1 N–H and O–H groups in total. The highest BCUT2D eigenvalue weighted by Crippen LogP contribution is 2.38. The van der Waals surface area contributed by atoms with E-state index < -0.39 is 15.1 Å². The molecule has 4 nitrogen and oxygen atoms in total. The van der Waals surface area contributed by atoms with Crippen LogP contribution in [-0.4, -0.2) is 33.1 Å². The normalized spacial score (nSPS) is 17.4. The summed E-state index contributed by atoms with van der Waals surface area (Å²) in [6.45, 7) is 4.96. The molecule has 0 spiro atoms. The standard InChI is InChI=1S/C14H20ClNO3S/c1-4-16-13(9(2)20(3,17)18)12-8-11(15)7-10-5-6-19-14(10)12/h7-9,13,16H,4-6H2,1-3H3. The van der Waals surface area contributed by atoms with E-state index in [1.54, 1.807) is 13.0 Å². The SMILES string of the molecule is CCNC(c1cc(Cl)cc2c1OCC2)C(C)S(C)(=O)=O. The molecule has 0 aliphatic carbocycles. The fraction of sp³-hybridized carbons (Fsp3) is 0.571. The van der Waals surface area contributed by atoms with Crippen LogP contribution >= 0.6 is 11.6 Å². The Bertz CT molecular complexity index is 601. The van der Waals surface area contributed by atoms with Gasteiger partial charge in [-0.25, -0.2) is 8.42 Å². The molecule has 0 fully saturated rings. The number of nitrogens with one attached hydrogen (secondary N) is 1. The summed E-state index contributed by atoms with van der Waals surface area (Å²) in [5.74, 6) is 0.788. The van der Waals surface area contributed by atoms with Crippen LogP contribution in [0.1, 0.15) is 31.0 Å². The van der Waals surface area contributed by atoms with Crippen molar-refractivity contribution in [2.75, 3.05) is 19.4 Å². The summed E-state index contributed by atoms with van der Waals surface area (Å²) in [7, 11) is -3.16. The number of ether oxygens (including phenoxy) is 1. The molecule has 2 unspecified atom stereocenters. The Morgan fingerprint density at radius 3 is 2.75 bits per heavy atom. The highest BCUT2D eigenvalue weighted by atomic mass is 35.5. The van der Waals surface area contributed by atoms with Crippen LogP contribution < -0.4 is 10.1 Å². The van der Waals surface area contributed by atoms with Crippen LogP contribution in [0.25, 0.3) is 0 Å². The van der Waals surface area contributed by atoms with Gasteiger partial charge in [-0.15, -0.1) is 0 Å². The highest BCUT2D eigenvalue weighted by molar-refractivity contribution is 7.91. The van der Waals surface area contributed by atoms with Gasteiger partial charge in [0, 0.05) is 23.3 Å². The molecule has 112 valence electrons. The average molecular weight is 318 g/mol. The Morgan fingerprint density at radius 2 is 2.15 bits per heavy atom. The van der Waals surface area contributed by atoms with E-state index in [9.17, 15) is 8.42 Å². The summed E-state index contributed by atoms with van der Waals surface area (Å²) in [5.41, 5.74) is 1.89. The van der Waals surface area contributed by atoms with E-state index in [2.05, 4.69) is 5.32 Å². The molecule has 0 radical (unpaired) electrons. The summed E-state index contributed by atoms with van der Waals surface area (Å²) in [5, 5.41) is 3.32. The molecule has 2 atom stereocenters. The highest BCUT2D eigenvalue weighted by Gasteiger charge is 2.31. The molecule has 1 heterocycles. The van der Waals surface area contributed by atoms with Crippen molar-refractivity contribution in [2.45, 2.75) is 31.6 Å². The van der Waals surface area contributed by atoms with E-state index in [1.807, 2.05) is 13.0 Å². The van der Waals surface area contributed by atoms with Gasteiger partial charge in [-0.2, -0.15) is 0 Å². The summed E-state index contributed by atoms with van der Waals surface area (Å²) in [6.07, 6.45) is 2.07. The van der Waals surface area contributed by atoms with Gasteiger partial charge in [-0.3, -0.25) is 0 Å². The van der Waals surface area contributed by atoms with E-state index in [-0.39, 0.29) is 6.04 Å². The van der Waals surface area contributed by atoms with Crippen LogP contribution in [0, 0.1) is 0 Å². The number of fused-ring (bicyclic) bond motifs is 1. The second kappa shape index (κ2) is 5.92. The quantitative estimate of drug-likeness (QED) is 0.906. The van der Waals surface area contributed by atoms with Gasteiger partial charge in [-0.05, 0) is 31.2 Å². The van der Waals surface area contributed by atoms with E-state index in [1.165, 1.54) is 6.26 Å². The zero-order valence-corrected chi connectivity index (χ0v) is 13.5. The maximum absolute atomic E-state index is 11.9. The molecule has 1 aromatic rings. The van der Waals surface area contributed by atoms with Gasteiger partial charge in [-0.1, -0.05) is 18.5 Å². The van der Waals surface area contributed by atoms with Crippen molar-refractivity contribution in [3.8, 4) is 5.75 Å². The average Bonchev–Trinajstić information content (AvgIpc) is 2.81. The van der Waals surface area contributed by atoms with Crippen LogP contribution in [0.5, 0.6) is 5.75 Å². The Balaban J connectivity index is 2.50. The smallest absolute Gasteiger partial charge is 0.151 e. The molecule has 1 aliphatic rings. The van der Waals surface area contributed by atoms with Crippen molar-refractivity contribution in [3.63, 3.8) is 0 Å². The Morgan fingerprint density at radius 1 is 1.45 bits per heavy atom. The van der Waals surface area contributed by atoms with Gasteiger partial charge in [0.15, 0.2) is 9.84 Å². The number of rotatable bonds is 5. The molecule has 6 heteroatoms. The summed E-state index contributed by atoms with van der Waals surface area (Å²) in [4.78, 5) is 0. The third-order valence-corrected chi connectivity index (χ3v) is 5.52. The van der Waals surface area contributed by atoms with Crippen molar-refractivity contribution in [1.29, 1.82) is 0 Å². The molecule has 0 aromatic heterocycles. The molecule has 1 aliphatic heterocycles. The number of sulfone groups is 1. The molecule has 0 bridgehead atoms. The predicted octanol–water partition coefficient (Wildman–Crippen LogP) is 2.36. The number of hydrogen-bond acceptors (Lipinski definition) is 4. The second-order valence-corrected chi connectivity index (χ2v) is 7.99. The lowest BCUT2D eigenvalue weighted by Gasteiger charge is -2.25. The molecule has 2 rings (SSSR count). The first-order valence-electron chi connectivity index (χ1n) is 6.72. The lowest BCUT2D eigenvalue weighted by molar-refractivity contribution is 0.347. The molecule has 20 heavy (non-hydrogen) atoms. The molecular weight excluding hydrogens is 298 g/mol. The van der Waals surface area contributed by atoms with Crippen molar-refractivity contribution >= 4 is 21.4 Å². The lowest BCUT2D eigenvalue weighted by atomic mass is 9.99. The van der Waals surface area contributed by atoms with Gasteiger partial charge in [0.25, 0.3) is 0 Å². The number of benzene rings is 1. The van der Waals surface area contributed by atoms with Crippen molar-refractivity contribution in [3.05, 3.63) is 28.3 Å². The first-order chi connectivity index (χ1) is 9.34. The van der Waals surface area contributed by atoms with Crippen LogP contribution in [-0.2, 0) is 16.3 Å². The molecule has 0 saturated heterocycles. The lowest BCUT2D eigenvalue weighted by Crippen LogP contribution is -2.35. The topological polar surface area (TPSA) is 55.4 Å². The predicted molar refractivity (Wildman–Crippen MR) is 81.4 cm³/mol. The van der Waals surface area contributed by atoms with Crippen molar-refractivity contribution in [1.82, 2.24) is 5.32 Å². The Labute approximate surface area is 125 Å². The van der Waals surface area contributed by atoms with E-state index in [0.29, 0.717) is 18.2 Å². The summed E-state index contributed by atoms with van der Waals surface area (Å²) >= 11 is 6.16. The second-order valence-electron chi connectivity index (χ2n) is 5.15. The van der Waals surface area contributed by atoms with Crippen LogP contribution in [0.4, 0.5) is 0 Å². The third kappa shape index (κ3) is 3.10. The minimum Gasteiger partial charge on any atom is -0.493 e. The van der Waals surface area contributed by atoms with Crippen molar-refractivity contribution in [2.24, 2.45) is 0 Å². The largest absolute Gasteiger partial charge is 0.493 e. The minimum atomic E-state index is -3.16. The maximum atomic E-state index is 11.9. The zero-order chi connectivity index (χ0) is 14.9. The van der Waals surface area contributed by atoms with Crippen LogP contribution in [0.2, 0.25) is 5.02 Å². The fourth-order valence-corrected chi connectivity index (χ4v) is 3.51. The van der Waals surface area contributed by atoms with E-state index in [0.717, 1.165) is 23.3 Å². The van der Waals surface area contributed by atoms with E-state index in [4.69, 9.17) is 16.3 Å². The monoisotopic (exact) mass is 317 g/mol. The number of hydrogen-bond donors (Lipinski definition) is 1. The summed E-state index contributed by atoms with van der Waals surface area (Å²) < 4.78 is 29.5. The summed E-state index contributed by atoms with van der Waals surface area (Å²) in [6, 6.07) is 3.38. The molecule has 1 aromatic carbocycles.